The Balaban J connectivity index is 1.55. The fraction of sp³-hybridized carbons (Fsp3) is 0.350. The average molecular weight is 498 g/mol. The van der Waals surface area contributed by atoms with Crippen LogP contribution in [0.15, 0.2) is 52.3 Å². The number of benzene rings is 2. The van der Waals surface area contributed by atoms with Crippen LogP contribution in [0.1, 0.15) is 23.2 Å². The smallest absolute Gasteiger partial charge is 0.337 e. The van der Waals surface area contributed by atoms with E-state index in [0.717, 1.165) is 37.4 Å². The molecule has 3 N–H and O–H groups in total. The number of thioether (sulfide) groups is 1. The zero-order valence-corrected chi connectivity index (χ0v) is 19.5. The molecule has 0 atom stereocenters. The third-order valence-corrected chi connectivity index (χ3v) is 9.05. The lowest BCUT2D eigenvalue weighted by Crippen LogP contribution is -2.33. The number of hydrogen-bond acceptors (Lipinski definition) is 7. The van der Waals surface area contributed by atoms with Crippen LogP contribution in [0.25, 0.3) is 0 Å². The van der Waals surface area contributed by atoms with Crippen LogP contribution in [0.4, 0.5) is 11.4 Å². The van der Waals surface area contributed by atoms with Crippen molar-refractivity contribution in [1.29, 1.82) is 0 Å². The molecule has 0 radical (unpaired) electrons. The minimum absolute atomic E-state index is 0.0134. The van der Waals surface area contributed by atoms with E-state index in [1.54, 1.807) is 17.8 Å². The molecule has 1 heterocycles. The van der Waals surface area contributed by atoms with Gasteiger partial charge in [-0.05, 0) is 55.3 Å². The molecular formula is C20H23N3O6S3. The lowest BCUT2D eigenvalue weighted by molar-refractivity contribution is 0.0697. The molecule has 0 bridgehead atoms. The Morgan fingerprint density at radius 3 is 2.09 bits per heavy atom. The number of anilines is 2. The van der Waals surface area contributed by atoms with E-state index in [1.807, 2.05) is 4.90 Å². The Morgan fingerprint density at radius 2 is 1.53 bits per heavy atom. The molecule has 0 amide bonds. The maximum atomic E-state index is 12.8. The highest BCUT2D eigenvalue weighted by Gasteiger charge is 2.28. The fourth-order valence-electron chi connectivity index (χ4n) is 3.35. The first-order valence-electron chi connectivity index (χ1n) is 10.0. The van der Waals surface area contributed by atoms with Gasteiger partial charge in [0.2, 0.25) is 10.0 Å². The maximum Gasteiger partial charge on any atom is 0.337 e. The summed E-state index contributed by atoms with van der Waals surface area (Å²) in [6.07, 6.45) is 1.59. The molecule has 9 nitrogen and oxygen atoms in total. The van der Waals surface area contributed by atoms with E-state index in [9.17, 15) is 26.7 Å². The summed E-state index contributed by atoms with van der Waals surface area (Å²) in [6, 6.07) is 9.27. The van der Waals surface area contributed by atoms with Crippen LogP contribution in [0.5, 0.6) is 0 Å². The quantitative estimate of drug-likeness (QED) is 0.505. The van der Waals surface area contributed by atoms with Gasteiger partial charge < -0.3 is 10.0 Å². The minimum Gasteiger partial charge on any atom is -0.478 e. The van der Waals surface area contributed by atoms with Crippen molar-refractivity contribution < 1.29 is 26.7 Å². The second-order valence-electron chi connectivity index (χ2n) is 7.61. The van der Waals surface area contributed by atoms with Crippen molar-refractivity contribution in [2.24, 2.45) is 0 Å². The molecule has 4 rings (SSSR count). The van der Waals surface area contributed by atoms with Gasteiger partial charge in [0, 0.05) is 36.3 Å². The van der Waals surface area contributed by atoms with Gasteiger partial charge in [0.15, 0.2) is 0 Å². The zero-order chi connectivity index (χ0) is 22.9. The summed E-state index contributed by atoms with van der Waals surface area (Å²) >= 11 is 1.80. The topological polar surface area (TPSA) is 133 Å². The second kappa shape index (κ2) is 8.93. The number of carboxylic acids is 1. The van der Waals surface area contributed by atoms with Gasteiger partial charge in [-0.25, -0.2) is 26.4 Å². The van der Waals surface area contributed by atoms with Gasteiger partial charge in [0.05, 0.1) is 21.0 Å². The number of carboxylic acid groups (broad SMARTS) is 1. The third kappa shape index (κ3) is 5.20. The Morgan fingerprint density at radius 1 is 0.938 bits per heavy atom. The van der Waals surface area contributed by atoms with Crippen molar-refractivity contribution in [3.05, 3.63) is 48.0 Å². The van der Waals surface area contributed by atoms with Gasteiger partial charge in [-0.1, -0.05) is 0 Å². The van der Waals surface area contributed by atoms with Crippen LogP contribution in [-0.4, -0.2) is 58.5 Å². The van der Waals surface area contributed by atoms with Crippen molar-refractivity contribution in [3.8, 4) is 0 Å². The van der Waals surface area contributed by atoms with E-state index in [-0.39, 0.29) is 27.1 Å². The van der Waals surface area contributed by atoms with Crippen LogP contribution in [-0.2, 0) is 20.0 Å². The normalized spacial score (nSPS) is 17.2. The maximum absolute atomic E-state index is 12.8. The summed E-state index contributed by atoms with van der Waals surface area (Å²) in [5.74, 6) is 0.655. The van der Waals surface area contributed by atoms with Gasteiger partial charge in [-0.15, -0.1) is 0 Å². The van der Waals surface area contributed by atoms with Crippen LogP contribution in [0.2, 0.25) is 0 Å². The molecule has 0 unspecified atom stereocenters. The predicted molar refractivity (Wildman–Crippen MR) is 124 cm³/mol. The summed E-state index contributed by atoms with van der Waals surface area (Å²) < 4.78 is 55.0. The summed E-state index contributed by atoms with van der Waals surface area (Å²) in [7, 11) is -7.73. The standard InChI is InChI=1S/C20H23N3O6S3/c24-20(25)18-13-15(3-8-19(18)23-9-11-30-12-10-23)22-32(28,29)17-6-4-16(5-7-17)31(26,27)21-14-1-2-14/h3-8,13-14,21-22H,1-2,9-12H2,(H,24,25). The second-order valence-corrected chi connectivity index (χ2v) is 12.2. The summed E-state index contributed by atoms with van der Waals surface area (Å²) in [4.78, 5) is 13.6. The Kier molecular flexibility index (Phi) is 6.39. The van der Waals surface area contributed by atoms with E-state index in [1.165, 1.54) is 36.4 Å². The SMILES string of the molecule is O=C(O)c1cc(NS(=O)(=O)c2ccc(S(=O)(=O)NC3CC3)cc2)ccc1N1CCSCC1. The third-order valence-electron chi connectivity index (χ3n) is 5.17. The Labute approximate surface area is 191 Å². The summed E-state index contributed by atoms with van der Waals surface area (Å²) in [6.45, 7) is 1.45. The van der Waals surface area contributed by atoms with Crippen molar-refractivity contribution in [2.45, 2.75) is 28.7 Å². The number of carbonyl (C=O) groups is 1. The van der Waals surface area contributed by atoms with Crippen molar-refractivity contribution in [1.82, 2.24) is 4.72 Å². The molecule has 2 aromatic carbocycles. The molecule has 2 fully saturated rings. The number of nitrogens with one attached hydrogen (secondary N) is 2. The first-order valence-corrected chi connectivity index (χ1v) is 14.1. The number of aromatic carboxylic acids is 1. The fourth-order valence-corrected chi connectivity index (χ4v) is 6.61. The molecule has 1 saturated carbocycles. The number of sulfonamides is 2. The highest BCUT2D eigenvalue weighted by Crippen LogP contribution is 2.28. The predicted octanol–water partition coefficient (Wildman–Crippen LogP) is 2.18. The molecule has 0 aromatic heterocycles. The van der Waals surface area contributed by atoms with Crippen molar-refractivity contribution in [2.75, 3.05) is 34.2 Å². The molecular weight excluding hydrogens is 474 g/mol. The van der Waals surface area contributed by atoms with Crippen LogP contribution in [0, 0.1) is 0 Å². The van der Waals surface area contributed by atoms with Gasteiger partial charge in [-0.3, -0.25) is 4.72 Å². The van der Waals surface area contributed by atoms with Gasteiger partial charge in [-0.2, -0.15) is 11.8 Å². The molecule has 0 spiro atoms. The lowest BCUT2D eigenvalue weighted by atomic mass is 10.1. The molecule has 2 aromatic rings. The zero-order valence-electron chi connectivity index (χ0n) is 17.0. The van der Waals surface area contributed by atoms with E-state index in [2.05, 4.69) is 9.44 Å². The first-order chi connectivity index (χ1) is 15.2. The van der Waals surface area contributed by atoms with E-state index >= 15 is 0 Å². The Hall–Kier alpha value is -2.28. The van der Waals surface area contributed by atoms with E-state index in [0.29, 0.717) is 5.69 Å². The minimum atomic E-state index is -4.04. The van der Waals surface area contributed by atoms with Crippen LogP contribution < -0.4 is 14.3 Å². The van der Waals surface area contributed by atoms with Crippen molar-refractivity contribution >= 4 is 49.2 Å². The van der Waals surface area contributed by atoms with Gasteiger partial charge in [0.1, 0.15) is 0 Å². The number of hydrogen-bond donors (Lipinski definition) is 3. The first kappa shape index (κ1) is 22.9. The highest BCUT2D eigenvalue weighted by atomic mass is 32.2. The summed E-state index contributed by atoms with van der Waals surface area (Å²) in [5, 5.41) is 9.64. The van der Waals surface area contributed by atoms with Gasteiger partial charge in [0.25, 0.3) is 10.0 Å². The molecule has 1 aliphatic carbocycles. The van der Waals surface area contributed by atoms with Gasteiger partial charge >= 0.3 is 5.97 Å². The average Bonchev–Trinajstić information content (AvgIpc) is 3.57. The molecule has 172 valence electrons. The van der Waals surface area contributed by atoms with E-state index < -0.39 is 26.0 Å². The number of nitrogens with zero attached hydrogens (tertiary/aromatic N) is 1. The lowest BCUT2D eigenvalue weighted by Gasteiger charge is -2.29. The molecule has 2 aliphatic rings. The van der Waals surface area contributed by atoms with Crippen LogP contribution in [0.3, 0.4) is 0 Å². The monoisotopic (exact) mass is 497 g/mol. The number of rotatable bonds is 8. The summed E-state index contributed by atoms with van der Waals surface area (Å²) in [5.41, 5.74) is 0.688. The molecule has 1 aliphatic heterocycles. The molecule has 1 saturated heterocycles. The van der Waals surface area contributed by atoms with Crippen LogP contribution >= 0.6 is 11.8 Å². The highest BCUT2D eigenvalue weighted by molar-refractivity contribution is 7.99. The van der Waals surface area contributed by atoms with Crippen molar-refractivity contribution in [3.63, 3.8) is 0 Å². The van der Waals surface area contributed by atoms with E-state index in [4.69, 9.17) is 0 Å². The molecule has 12 heteroatoms. The molecule has 32 heavy (non-hydrogen) atoms. The largest absolute Gasteiger partial charge is 0.478 e. The Bertz CT molecular complexity index is 1220.